The van der Waals surface area contributed by atoms with Gasteiger partial charge in [0, 0.05) is 49.3 Å². The van der Waals surface area contributed by atoms with Crippen LogP contribution in [0.15, 0.2) is 108 Å². The molecule has 1 N–H and O–H groups in total. The largest absolute Gasteiger partial charge is 0.493 e. The summed E-state index contributed by atoms with van der Waals surface area (Å²) >= 11 is 0. The van der Waals surface area contributed by atoms with Crippen LogP contribution in [0.1, 0.15) is 52.3 Å². The number of amides is 3. The van der Waals surface area contributed by atoms with E-state index >= 15 is 0 Å². The van der Waals surface area contributed by atoms with Crippen LogP contribution in [0.4, 0.5) is 17.6 Å². The first kappa shape index (κ1) is 40.9. The molecule has 1 atom stereocenters. The number of nitrogens with zero attached hydrogens (tertiary/aromatic N) is 2. The summed E-state index contributed by atoms with van der Waals surface area (Å²) in [6.45, 7) is 0.745. The first-order valence-corrected chi connectivity index (χ1v) is 20.0. The average Bonchev–Trinajstić information content (AvgIpc) is 3.45. The lowest BCUT2D eigenvalue weighted by molar-refractivity contribution is -0.136. The molecule has 0 radical (unpaired) electrons. The molecule has 2 heterocycles. The van der Waals surface area contributed by atoms with E-state index in [0.29, 0.717) is 41.6 Å². The number of benzene rings is 5. The van der Waals surface area contributed by atoms with E-state index in [-0.39, 0.29) is 17.4 Å². The zero-order chi connectivity index (χ0) is 42.0. The Bertz CT molecular complexity index is 2530. The van der Waals surface area contributed by atoms with Crippen LogP contribution in [0.25, 0.3) is 11.1 Å². The van der Waals surface area contributed by atoms with Crippen molar-refractivity contribution >= 4 is 38.9 Å². The molecule has 1 unspecified atom stereocenters. The van der Waals surface area contributed by atoms with E-state index in [0.717, 1.165) is 52.9 Å². The monoisotopic (exact) mass is 827 g/mol. The lowest BCUT2D eigenvalue weighted by Gasteiger charge is -2.38. The Hall–Kier alpha value is -6.32. The SMILES string of the molecule is COc1cc2c(cc1OC)C(c1ccccc1)N(Cc1ccc(S(=O)(=O)NC(=O)CCCN3C(=O)C(c4ccc(F)cc4F)=C(c4ccc(F)cc4F)C3=O)cc1)CC2. The minimum atomic E-state index is -4.33. The van der Waals surface area contributed by atoms with Crippen molar-refractivity contribution in [2.24, 2.45) is 0 Å². The zero-order valence-electron chi connectivity index (χ0n) is 31.8. The third-order valence-electron chi connectivity index (χ3n) is 10.3. The molecule has 0 fully saturated rings. The molecule has 0 bridgehead atoms. The lowest BCUT2D eigenvalue weighted by Crippen LogP contribution is -2.35. The maximum Gasteiger partial charge on any atom is 0.264 e. The quantitative estimate of drug-likeness (QED) is 0.0999. The van der Waals surface area contributed by atoms with Crippen LogP contribution in [0.2, 0.25) is 0 Å². The number of methoxy groups -OCH3 is 2. The molecule has 5 aromatic carbocycles. The number of ether oxygens (including phenoxy) is 2. The molecule has 304 valence electrons. The minimum Gasteiger partial charge on any atom is -0.493 e. The summed E-state index contributed by atoms with van der Waals surface area (Å²) in [5, 5.41) is 0. The van der Waals surface area contributed by atoms with E-state index in [1.54, 1.807) is 26.4 Å². The molecule has 0 aliphatic carbocycles. The first-order valence-electron chi connectivity index (χ1n) is 18.5. The van der Waals surface area contributed by atoms with Gasteiger partial charge in [-0.15, -0.1) is 0 Å². The van der Waals surface area contributed by atoms with Gasteiger partial charge in [0.1, 0.15) is 23.3 Å². The van der Waals surface area contributed by atoms with Gasteiger partial charge in [0.25, 0.3) is 21.8 Å². The molecule has 59 heavy (non-hydrogen) atoms. The second-order valence-electron chi connectivity index (χ2n) is 14.0. The molecule has 10 nitrogen and oxygen atoms in total. The molecule has 2 aliphatic heterocycles. The predicted molar refractivity (Wildman–Crippen MR) is 209 cm³/mol. The second-order valence-corrected chi connectivity index (χ2v) is 15.7. The fraction of sp³-hybridized carbons (Fsp3) is 0.205. The molecule has 15 heteroatoms. The smallest absolute Gasteiger partial charge is 0.264 e. The van der Waals surface area contributed by atoms with Crippen molar-refractivity contribution in [2.45, 2.75) is 36.7 Å². The van der Waals surface area contributed by atoms with Gasteiger partial charge in [-0.2, -0.15) is 0 Å². The van der Waals surface area contributed by atoms with Crippen molar-refractivity contribution < 1.29 is 49.8 Å². The molecular weight excluding hydrogens is 791 g/mol. The van der Waals surface area contributed by atoms with E-state index in [1.807, 2.05) is 35.1 Å². The van der Waals surface area contributed by atoms with Gasteiger partial charge in [-0.25, -0.2) is 30.7 Å². The van der Waals surface area contributed by atoms with Crippen LogP contribution in [0.3, 0.4) is 0 Å². The summed E-state index contributed by atoms with van der Waals surface area (Å²) < 4.78 is 96.9. The highest BCUT2D eigenvalue weighted by Gasteiger charge is 2.41. The molecule has 3 amide bonds. The highest BCUT2D eigenvalue weighted by Crippen LogP contribution is 2.42. The molecule has 0 aromatic heterocycles. The number of rotatable bonds is 13. The lowest BCUT2D eigenvalue weighted by atomic mass is 9.87. The number of hydrogen-bond acceptors (Lipinski definition) is 8. The molecule has 7 rings (SSSR count). The number of halogens is 4. The summed E-state index contributed by atoms with van der Waals surface area (Å²) in [4.78, 5) is 42.7. The van der Waals surface area contributed by atoms with Crippen molar-refractivity contribution in [3.8, 4) is 11.5 Å². The van der Waals surface area contributed by atoms with Gasteiger partial charge in [0.05, 0.1) is 36.3 Å². The van der Waals surface area contributed by atoms with Gasteiger partial charge < -0.3 is 9.47 Å². The molecule has 2 aliphatic rings. The summed E-state index contributed by atoms with van der Waals surface area (Å²) in [6, 6.07) is 24.5. The van der Waals surface area contributed by atoms with Gasteiger partial charge in [-0.05, 0) is 83.6 Å². The van der Waals surface area contributed by atoms with Crippen molar-refractivity contribution in [1.29, 1.82) is 0 Å². The van der Waals surface area contributed by atoms with Crippen molar-refractivity contribution in [3.05, 3.63) is 160 Å². The van der Waals surface area contributed by atoms with Crippen LogP contribution in [0, 0.1) is 23.3 Å². The summed E-state index contributed by atoms with van der Waals surface area (Å²) in [6.07, 6.45) is 0.0647. The molecule has 0 spiro atoms. The van der Waals surface area contributed by atoms with Crippen LogP contribution < -0.4 is 14.2 Å². The maximum atomic E-state index is 14.9. The number of fused-ring (bicyclic) bond motifs is 1. The van der Waals surface area contributed by atoms with E-state index < -0.39 is 86.3 Å². The molecule has 0 saturated carbocycles. The van der Waals surface area contributed by atoms with Crippen LogP contribution in [0.5, 0.6) is 11.5 Å². The standard InChI is InChI=1S/C44H37F4N3O7S/c1-57-37-21-28-18-20-50(42(27-7-4-3-5-8-27)34(28)24-38(37)58-2)25-26-10-14-31(15-11-26)59(55,56)49-39(52)9-6-19-51-43(53)40(32-16-12-29(45)22-35(32)47)41(44(51)54)33-17-13-30(46)23-36(33)48/h3-5,7-8,10-17,21-24,42H,6,9,18-20,25H2,1-2H3,(H,49,52). The van der Waals surface area contributed by atoms with E-state index in [4.69, 9.17) is 9.47 Å². The number of nitrogens with one attached hydrogen (secondary N) is 1. The number of carbonyl (C=O) groups excluding carboxylic acids is 3. The summed E-state index contributed by atoms with van der Waals surface area (Å²) in [7, 11) is -1.15. The number of carbonyl (C=O) groups is 3. The first-order chi connectivity index (χ1) is 28.3. The van der Waals surface area contributed by atoms with Gasteiger partial charge in [0.2, 0.25) is 5.91 Å². The molecule has 5 aromatic rings. The number of sulfonamides is 1. The van der Waals surface area contributed by atoms with Gasteiger partial charge in [0.15, 0.2) is 11.5 Å². The van der Waals surface area contributed by atoms with E-state index in [2.05, 4.69) is 17.0 Å². The average molecular weight is 828 g/mol. The van der Waals surface area contributed by atoms with Crippen molar-refractivity contribution in [2.75, 3.05) is 27.3 Å². The second kappa shape index (κ2) is 16.9. The van der Waals surface area contributed by atoms with E-state index in [9.17, 15) is 40.4 Å². The Labute approximate surface area is 337 Å². The fourth-order valence-corrected chi connectivity index (χ4v) is 8.54. The Balaban J connectivity index is 1.01. The summed E-state index contributed by atoms with van der Waals surface area (Å²) in [5.74, 6) is -6.11. The molecule has 0 saturated heterocycles. The predicted octanol–water partition coefficient (Wildman–Crippen LogP) is 6.97. The highest BCUT2D eigenvalue weighted by atomic mass is 32.2. The zero-order valence-corrected chi connectivity index (χ0v) is 32.6. The Morgan fingerprint density at radius 3 is 1.90 bits per heavy atom. The van der Waals surface area contributed by atoms with Crippen molar-refractivity contribution in [1.82, 2.24) is 14.5 Å². The van der Waals surface area contributed by atoms with Gasteiger partial charge in [-0.3, -0.25) is 24.2 Å². The molecular formula is C44H37F4N3O7S. The number of imide groups is 1. The van der Waals surface area contributed by atoms with E-state index in [1.165, 1.54) is 12.1 Å². The maximum absolute atomic E-state index is 14.9. The van der Waals surface area contributed by atoms with Gasteiger partial charge >= 0.3 is 0 Å². The third kappa shape index (κ3) is 8.34. The Morgan fingerprint density at radius 2 is 1.34 bits per heavy atom. The number of hydrogen-bond donors (Lipinski definition) is 1. The van der Waals surface area contributed by atoms with Crippen LogP contribution in [-0.4, -0.2) is 63.2 Å². The third-order valence-corrected chi connectivity index (χ3v) is 11.7. The Morgan fingerprint density at radius 1 is 0.763 bits per heavy atom. The highest BCUT2D eigenvalue weighted by molar-refractivity contribution is 7.90. The normalized spacial score (nSPS) is 15.7. The van der Waals surface area contributed by atoms with Gasteiger partial charge in [-0.1, -0.05) is 42.5 Å². The van der Waals surface area contributed by atoms with Crippen LogP contribution in [-0.2, 0) is 37.4 Å². The topological polar surface area (TPSA) is 122 Å². The fourth-order valence-electron chi connectivity index (χ4n) is 7.52. The van der Waals surface area contributed by atoms with Crippen LogP contribution >= 0.6 is 0 Å². The minimum absolute atomic E-state index is 0.129. The van der Waals surface area contributed by atoms with Crippen molar-refractivity contribution in [3.63, 3.8) is 0 Å². The Kier molecular flexibility index (Phi) is 11.7. The summed E-state index contributed by atoms with van der Waals surface area (Å²) in [5.41, 5.74) is 1.98.